The number of fused-ring (bicyclic) bond motifs is 1. The number of likely N-dealkylation sites (N-methyl/N-ethyl adjacent to an activating group) is 1. The van der Waals surface area contributed by atoms with Crippen LogP contribution in [-0.4, -0.2) is 59.4 Å². The number of carbonyl (C=O) groups excluding carboxylic acids is 2. The first-order chi connectivity index (χ1) is 15.9. The average Bonchev–Trinajstić information content (AvgIpc) is 3.34. The zero-order valence-corrected chi connectivity index (χ0v) is 20.1. The summed E-state index contributed by atoms with van der Waals surface area (Å²) < 4.78 is 11.2. The minimum Gasteiger partial charge on any atom is -0.454 e. The second kappa shape index (κ2) is 10.4. The number of thioether (sulfide) groups is 1. The molecule has 2 amide bonds. The lowest BCUT2D eigenvalue weighted by Gasteiger charge is -2.18. The molecule has 0 bridgehead atoms. The lowest BCUT2D eigenvalue weighted by Crippen LogP contribution is -2.40. The van der Waals surface area contributed by atoms with Crippen LogP contribution in [0, 0.1) is 6.92 Å². The summed E-state index contributed by atoms with van der Waals surface area (Å²) in [5.74, 6) is 1.11. The SMILES string of the molecule is Cc1ccc(CN(C)CC(=O)NCCN2C(=O)/C(=C\c3ccc4c(c3)OCO4)SC2=S)cc1. The van der Waals surface area contributed by atoms with E-state index in [1.807, 2.05) is 37.1 Å². The first kappa shape index (κ1) is 23.3. The van der Waals surface area contributed by atoms with Gasteiger partial charge in [0.05, 0.1) is 11.4 Å². The van der Waals surface area contributed by atoms with Crippen molar-refractivity contribution in [3.05, 3.63) is 64.1 Å². The lowest BCUT2D eigenvalue weighted by atomic mass is 10.1. The third kappa shape index (κ3) is 5.93. The van der Waals surface area contributed by atoms with Crippen molar-refractivity contribution in [2.24, 2.45) is 0 Å². The summed E-state index contributed by atoms with van der Waals surface area (Å²) >= 11 is 6.64. The van der Waals surface area contributed by atoms with Gasteiger partial charge in [-0.15, -0.1) is 0 Å². The zero-order chi connectivity index (χ0) is 23.4. The highest BCUT2D eigenvalue weighted by atomic mass is 32.2. The Kier molecular flexibility index (Phi) is 7.32. The molecule has 0 aromatic heterocycles. The Morgan fingerprint density at radius 1 is 1.21 bits per heavy atom. The second-order valence-electron chi connectivity index (χ2n) is 7.95. The van der Waals surface area contributed by atoms with Crippen LogP contribution in [0.15, 0.2) is 47.4 Å². The van der Waals surface area contributed by atoms with Gasteiger partial charge in [-0.1, -0.05) is 59.9 Å². The number of nitrogens with one attached hydrogen (secondary N) is 1. The van der Waals surface area contributed by atoms with Gasteiger partial charge in [0.15, 0.2) is 11.5 Å². The van der Waals surface area contributed by atoms with Crippen LogP contribution in [0.4, 0.5) is 0 Å². The highest BCUT2D eigenvalue weighted by Crippen LogP contribution is 2.36. The molecule has 1 N–H and O–H groups in total. The Hall–Kier alpha value is -2.88. The third-order valence-electron chi connectivity index (χ3n) is 5.21. The Morgan fingerprint density at radius 3 is 2.76 bits per heavy atom. The van der Waals surface area contributed by atoms with Crippen molar-refractivity contribution in [3.8, 4) is 11.5 Å². The molecule has 0 aliphatic carbocycles. The van der Waals surface area contributed by atoms with Gasteiger partial charge in [-0.2, -0.15) is 0 Å². The van der Waals surface area contributed by atoms with E-state index in [9.17, 15) is 9.59 Å². The predicted molar refractivity (Wildman–Crippen MR) is 133 cm³/mol. The maximum Gasteiger partial charge on any atom is 0.266 e. The summed E-state index contributed by atoms with van der Waals surface area (Å²) in [7, 11) is 1.91. The molecule has 4 rings (SSSR count). The number of ether oxygens (including phenoxy) is 2. The van der Waals surface area contributed by atoms with Gasteiger partial charge in [-0.3, -0.25) is 19.4 Å². The van der Waals surface area contributed by atoms with Crippen LogP contribution in [0.3, 0.4) is 0 Å². The van der Waals surface area contributed by atoms with Gasteiger partial charge in [0.2, 0.25) is 12.7 Å². The van der Waals surface area contributed by atoms with E-state index in [-0.39, 0.29) is 25.2 Å². The molecule has 2 aliphatic rings. The third-order valence-corrected chi connectivity index (χ3v) is 6.59. The normalized spacial score (nSPS) is 16.2. The standard InChI is InChI=1S/C24H25N3O4S2/c1-16-3-5-17(6-4-16)13-26(2)14-22(28)25-9-10-27-23(29)21(33-24(27)32)12-18-7-8-19-20(11-18)31-15-30-19/h3-8,11-12H,9-10,13-15H2,1-2H3,(H,25,28)/b21-12+. The summed E-state index contributed by atoms with van der Waals surface area (Å²) in [6.45, 7) is 3.88. The minimum absolute atomic E-state index is 0.0917. The second-order valence-corrected chi connectivity index (χ2v) is 9.63. The molecule has 0 radical (unpaired) electrons. The van der Waals surface area contributed by atoms with E-state index in [0.717, 1.165) is 11.1 Å². The maximum absolute atomic E-state index is 12.8. The first-order valence-electron chi connectivity index (χ1n) is 10.5. The van der Waals surface area contributed by atoms with Gasteiger partial charge in [-0.05, 0) is 43.3 Å². The number of rotatable bonds is 8. The van der Waals surface area contributed by atoms with Gasteiger partial charge in [0.1, 0.15) is 4.32 Å². The van der Waals surface area contributed by atoms with Crippen LogP contribution in [-0.2, 0) is 16.1 Å². The van der Waals surface area contributed by atoms with Crippen molar-refractivity contribution < 1.29 is 19.1 Å². The van der Waals surface area contributed by atoms with Crippen LogP contribution >= 0.6 is 24.0 Å². The predicted octanol–water partition coefficient (Wildman–Crippen LogP) is 3.17. The van der Waals surface area contributed by atoms with Gasteiger partial charge < -0.3 is 14.8 Å². The lowest BCUT2D eigenvalue weighted by molar-refractivity contribution is -0.124. The van der Waals surface area contributed by atoms with E-state index in [1.165, 1.54) is 22.2 Å². The number of hydrogen-bond donors (Lipinski definition) is 1. The average molecular weight is 484 g/mol. The molecule has 0 atom stereocenters. The van der Waals surface area contributed by atoms with Crippen molar-refractivity contribution in [2.75, 3.05) is 33.5 Å². The first-order valence-corrected chi connectivity index (χ1v) is 11.8. The monoisotopic (exact) mass is 483 g/mol. The van der Waals surface area contributed by atoms with Crippen molar-refractivity contribution in [1.29, 1.82) is 0 Å². The van der Waals surface area contributed by atoms with E-state index in [1.54, 1.807) is 6.08 Å². The number of thiocarbonyl (C=S) groups is 1. The summed E-state index contributed by atoms with van der Waals surface area (Å²) in [6.07, 6.45) is 1.79. The molecular weight excluding hydrogens is 458 g/mol. The highest BCUT2D eigenvalue weighted by Gasteiger charge is 2.31. The summed E-state index contributed by atoms with van der Waals surface area (Å²) in [5, 5.41) is 2.88. The summed E-state index contributed by atoms with van der Waals surface area (Å²) in [4.78, 5) is 29.1. The van der Waals surface area contributed by atoms with E-state index >= 15 is 0 Å². The topological polar surface area (TPSA) is 71.1 Å². The van der Waals surface area contributed by atoms with Crippen molar-refractivity contribution in [1.82, 2.24) is 15.1 Å². The quantitative estimate of drug-likeness (QED) is 0.457. The fraction of sp³-hybridized carbons (Fsp3) is 0.292. The fourth-order valence-electron chi connectivity index (χ4n) is 3.52. The Morgan fingerprint density at radius 2 is 1.97 bits per heavy atom. The van der Waals surface area contributed by atoms with Crippen LogP contribution < -0.4 is 14.8 Å². The summed E-state index contributed by atoms with van der Waals surface area (Å²) in [5.41, 5.74) is 3.20. The molecule has 2 aromatic carbocycles. The molecule has 1 fully saturated rings. The molecule has 7 nitrogen and oxygen atoms in total. The molecule has 172 valence electrons. The van der Waals surface area contributed by atoms with Crippen LogP contribution in [0.2, 0.25) is 0 Å². The van der Waals surface area contributed by atoms with Gasteiger partial charge in [-0.25, -0.2) is 0 Å². The van der Waals surface area contributed by atoms with Crippen LogP contribution in [0.5, 0.6) is 11.5 Å². The number of aryl methyl sites for hydroxylation is 1. The van der Waals surface area contributed by atoms with Crippen molar-refractivity contribution in [2.45, 2.75) is 13.5 Å². The van der Waals surface area contributed by atoms with E-state index in [2.05, 4.69) is 29.6 Å². The number of hydrogen-bond acceptors (Lipinski definition) is 7. The molecule has 0 spiro atoms. The Balaban J connectivity index is 1.25. The molecular formula is C24H25N3O4S2. The van der Waals surface area contributed by atoms with E-state index in [4.69, 9.17) is 21.7 Å². The number of benzene rings is 2. The summed E-state index contributed by atoms with van der Waals surface area (Å²) in [6, 6.07) is 13.8. The molecule has 0 saturated carbocycles. The molecule has 0 unspecified atom stereocenters. The molecule has 2 heterocycles. The number of nitrogens with zero attached hydrogens (tertiary/aromatic N) is 2. The Bertz CT molecular complexity index is 1100. The fourth-order valence-corrected chi connectivity index (χ4v) is 4.82. The van der Waals surface area contributed by atoms with Crippen molar-refractivity contribution in [3.63, 3.8) is 0 Å². The van der Waals surface area contributed by atoms with Gasteiger partial charge in [0, 0.05) is 19.6 Å². The highest BCUT2D eigenvalue weighted by molar-refractivity contribution is 8.26. The van der Waals surface area contributed by atoms with Crippen LogP contribution in [0.1, 0.15) is 16.7 Å². The number of amides is 2. The smallest absolute Gasteiger partial charge is 0.266 e. The van der Waals surface area contributed by atoms with Gasteiger partial charge in [0.25, 0.3) is 5.91 Å². The molecule has 2 aliphatic heterocycles. The Labute approximate surface area is 202 Å². The van der Waals surface area contributed by atoms with Gasteiger partial charge >= 0.3 is 0 Å². The minimum atomic E-state index is -0.159. The van der Waals surface area contributed by atoms with Crippen molar-refractivity contribution >= 4 is 46.2 Å². The molecule has 33 heavy (non-hydrogen) atoms. The van der Waals surface area contributed by atoms with Crippen LogP contribution in [0.25, 0.3) is 6.08 Å². The molecule has 2 aromatic rings. The maximum atomic E-state index is 12.8. The van der Waals surface area contributed by atoms with E-state index < -0.39 is 0 Å². The molecule has 9 heteroatoms. The zero-order valence-electron chi connectivity index (χ0n) is 18.5. The molecule has 1 saturated heterocycles. The largest absolute Gasteiger partial charge is 0.454 e. The number of carbonyl (C=O) groups is 2. The van der Waals surface area contributed by atoms with E-state index in [0.29, 0.717) is 40.4 Å².